The minimum absolute atomic E-state index is 0.878. The van der Waals surface area contributed by atoms with Crippen molar-refractivity contribution in [1.29, 1.82) is 0 Å². The van der Waals surface area contributed by atoms with Crippen molar-refractivity contribution < 1.29 is 0 Å². The fourth-order valence-corrected chi connectivity index (χ4v) is 3.46. The number of thioether (sulfide) groups is 1. The van der Waals surface area contributed by atoms with Gasteiger partial charge in [-0.2, -0.15) is 0 Å². The Balaban J connectivity index is 1.77. The van der Waals surface area contributed by atoms with E-state index in [4.69, 9.17) is 5.73 Å². The first-order chi connectivity index (χ1) is 8.25. The van der Waals surface area contributed by atoms with Gasteiger partial charge in [0.1, 0.15) is 0 Å². The summed E-state index contributed by atoms with van der Waals surface area (Å²) >= 11 is 5.29. The molecule has 1 aromatic carbocycles. The van der Waals surface area contributed by atoms with E-state index in [1.807, 2.05) is 17.8 Å². The van der Waals surface area contributed by atoms with Gasteiger partial charge < -0.3 is 10.6 Å². The van der Waals surface area contributed by atoms with E-state index in [2.05, 4.69) is 33.0 Å². The van der Waals surface area contributed by atoms with E-state index in [-0.39, 0.29) is 0 Å². The van der Waals surface area contributed by atoms with E-state index in [0.717, 1.165) is 15.9 Å². The van der Waals surface area contributed by atoms with Crippen LogP contribution in [0, 0.1) is 0 Å². The number of nitrogen functional groups attached to an aromatic ring is 1. The number of halogens is 1. The number of nitrogens with two attached hydrogens (primary N) is 1. The molecule has 1 aromatic rings. The predicted octanol–water partition coefficient (Wildman–Crippen LogP) is 3.61. The third-order valence-electron chi connectivity index (χ3n) is 3.09. The Kier molecular flexibility index (Phi) is 5.19. The fraction of sp³-hybridized carbons (Fsp3) is 0.538. The molecule has 17 heavy (non-hydrogen) atoms. The first-order valence-electron chi connectivity index (χ1n) is 6.16. The molecular weight excluding hydrogens is 296 g/mol. The number of nitrogens with zero attached hydrogens (tertiary/aromatic N) is 1. The van der Waals surface area contributed by atoms with Gasteiger partial charge in [-0.25, -0.2) is 0 Å². The van der Waals surface area contributed by atoms with Crippen LogP contribution in [0.5, 0.6) is 0 Å². The van der Waals surface area contributed by atoms with Crippen LogP contribution < -0.4 is 5.73 Å². The molecule has 0 atom stereocenters. The van der Waals surface area contributed by atoms with Crippen LogP contribution in [-0.4, -0.2) is 30.3 Å². The van der Waals surface area contributed by atoms with Crippen LogP contribution in [0.3, 0.4) is 0 Å². The third-order valence-corrected chi connectivity index (χ3v) is 4.65. The zero-order valence-electron chi connectivity index (χ0n) is 9.99. The molecule has 0 amide bonds. The average Bonchev–Trinajstić information content (AvgIpc) is 2.33. The van der Waals surface area contributed by atoms with Crippen LogP contribution in [-0.2, 0) is 0 Å². The molecule has 1 aliphatic rings. The Morgan fingerprint density at radius 1 is 1.24 bits per heavy atom. The molecule has 0 saturated carbocycles. The smallest absolute Gasteiger partial charge is 0.0463 e. The summed E-state index contributed by atoms with van der Waals surface area (Å²) in [5.41, 5.74) is 6.85. The lowest BCUT2D eigenvalue weighted by molar-refractivity contribution is 0.242. The number of likely N-dealkylation sites (tertiary alicyclic amines) is 1. The number of hydrogen-bond acceptors (Lipinski definition) is 3. The normalized spacial score (nSPS) is 17.2. The summed E-state index contributed by atoms with van der Waals surface area (Å²) in [6.45, 7) is 3.73. The second-order valence-corrected chi connectivity index (χ2v) is 6.49. The van der Waals surface area contributed by atoms with E-state index >= 15 is 0 Å². The molecule has 2 nitrogen and oxygen atoms in total. The number of anilines is 1. The molecule has 0 aliphatic carbocycles. The summed E-state index contributed by atoms with van der Waals surface area (Å²) in [6, 6.07) is 6.13. The van der Waals surface area contributed by atoms with E-state index in [9.17, 15) is 0 Å². The zero-order valence-corrected chi connectivity index (χ0v) is 12.4. The third kappa shape index (κ3) is 4.19. The summed E-state index contributed by atoms with van der Waals surface area (Å²) in [5, 5.41) is 0. The molecule has 0 aromatic heterocycles. The lowest BCUT2D eigenvalue weighted by Crippen LogP contribution is -2.31. The standard InChI is InChI=1S/C13H19BrN2S/c14-11-4-5-13(12(15)10-11)17-9-8-16-6-2-1-3-7-16/h4-5,10H,1-3,6-9,15H2. The lowest BCUT2D eigenvalue weighted by Gasteiger charge is -2.26. The monoisotopic (exact) mass is 314 g/mol. The number of piperidine rings is 1. The fourth-order valence-electron chi connectivity index (χ4n) is 2.12. The van der Waals surface area contributed by atoms with Crippen molar-refractivity contribution in [2.24, 2.45) is 0 Å². The maximum Gasteiger partial charge on any atom is 0.0463 e. The highest BCUT2D eigenvalue weighted by Crippen LogP contribution is 2.27. The summed E-state index contributed by atoms with van der Waals surface area (Å²) < 4.78 is 1.05. The van der Waals surface area contributed by atoms with Crippen LogP contribution in [0.2, 0.25) is 0 Å². The molecule has 0 radical (unpaired) electrons. The Morgan fingerprint density at radius 2 is 2.00 bits per heavy atom. The summed E-state index contributed by atoms with van der Waals surface area (Å²) in [5.74, 6) is 1.13. The van der Waals surface area contributed by atoms with Gasteiger partial charge >= 0.3 is 0 Å². The van der Waals surface area contributed by atoms with Gasteiger partial charge in [-0.1, -0.05) is 22.4 Å². The SMILES string of the molecule is Nc1cc(Br)ccc1SCCN1CCCCC1. The average molecular weight is 315 g/mol. The minimum Gasteiger partial charge on any atom is -0.398 e. The predicted molar refractivity (Wildman–Crippen MR) is 79.6 cm³/mol. The van der Waals surface area contributed by atoms with Crippen LogP contribution in [0.25, 0.3) is 0 Å². The van der Waals surface area contributed by atoms with Crippen LogP contribution in [0.15, 0.2) is 27.6 Å². The maximum absolute atomic E-state index is 5.98. The summed E-state index contributed by atoms with van der Waals surface area (Å²) in [4.78, 5) is 3.76. The molecule has 1 heterocycles. The Bertz CT molecular complexity index is 364. The van der Waals surface area contributed by atoms with Gasteiger partial charge in [-0.05, 0) is 44.1 Å². The molecule has 1 fully saturated rings. The van der Waals surface area contributed by atoms with Gasteiger partial charge in [0.2, 0.25) is 0 Å². The van der Waals surface area contributed by atoms with E-state index < -0.39 is 0 Å². The number of benzene rings is 1. The van der Waals surface area contributed by atoms with Crippen molar-refractivity contribution in [2.75, 3.05) is 31.1 Å². The minimum atomic E-state index is 0.878. The van der Waals surface area contributed by atoms with Gasteiger partial charge in [0.25, 0.3) is 0 Å². The molecule has 4 heteroatoms. The van der Waals surface area contributed by atoms with Crippen LogP contribution >= 0.6 is 27.7 Å². The van der Waals surface area contributed by atoms with Crippen LogP contribution in [0.1, 0.15) is 19.3 Å². The molecule has 1 aliphatic heterocycles. The summed E-state index contributed by atoms with van der Waals surface area (Å²) in [6.07, 6.45) is 4.14. The molecule has 0 unspecified atom stereocenters. The second kappa shape index (κ2) is 6.66. The van der Waals surface area contributed by atoms with Gasteiger partial charge in [0, 0.05) is 27.4 Å². The van der Waals surface area contributed by atoms with Gasteiger partial charge in [-0.15, -0.1) is 11.8 Å². The molecular formula is C13H19BrN2S. The largest absolute Gasteiger partial charge is 0.398 e. The molecule has 2 rings (SSSR count). The van der Waals surface area contributed by atoms with E-state index in [0.29, 0.717) is 0 Å². The Labute approximate surface area is 116 Å². The number of hydrogen-bond donors (Lipinski definition) is 1. The molecule has 2 N–H and O–H groups in total. The van der Waals surface area contributed by atoms with Crippen molar-refractivity contribution in [3.8, 4) is 0 Å². The van der Waals surface area contributed by atoms with Crippen molar-refractivity contribution in [3.05, 3.63) is 22.7 Å². The first-order valence-corrected chi connectivity index (χ1v) is 7.94. The first kappa shape index (κ1) is 13.2. The van der Waals surface area contributed by atoms with Crippen molar-refractivity contribution in [3.63, 3.8) is 0 Å². The van der Waals surface area contributed by atoms with E-state index in [1.165, 1.54) is 43.8 Å². The second-order valence-electron chi connectivity index (χ2n) is 4.43. The zero-order chi connectivity index (χ0) is 12.1. The van der Waals surface area contributed by atoms with Gasteiger partial charge in [-0.3, -0.25) is 0 Å². The van der Waals surface area contributed by atoms with Crippen LogP contribution in [0.4, 0.5) is 5.69 Å². The van der Waals surface area contributed by atoms with Crippen molar-refractivity contribution >= 4 is 33.4 Å². The highest BCUT2D eigenvalue weighted by Gasteiger charge is 2.09. The quantitative estimate of drug-likeness (QED) is 0.680. The molecule has 1 saturated heterocycles. The highest BCUT2D eigenvalue weighted by atomic mass is 79.9. The van der Waals surface area contributed by atoms with Crippen molar-refractivity contribution in [2.45, 2.75) is 24.2 Å². The maximum atomic E-state index is 5.98. The molecule has 0 bridgehead atoms. The Morgan fingerprint density at radius 3 is 2.71 bits per heavy atom. The Hall–Kier alpha value is -0.190. The lowest BCUT2D eigenvalue weighted by atomic mass is 10.1. The molecule has 0 spiro atoms. The summed E-state index contributed by atoms with van der Waals surface area (Å²) in [7, 11) is 0. The van der Waals surface area contributed by atoms with Gasteiger partial charge in [0.05, 0.1) is 0 Å². The number of rotatable bonds is 4. The topological polar surface area (TPSA) is 29.3 Å². The highest BCUT2D eigenvalue weighted by molar-refractivity contribution is 9.10. The molecule has 94 valence electrons. The van der Waals surface area contributed by atoms with Crippen molar-refractivity contribution in [1.82, 2.24) is 4.90 Å². The van der Waals surface area contributed by atoms with Gasteiger partial charge in [0.15, 0.2) is 0 Å². The van der Waals surface area contributed by atoms with E-state index in [1.54, 1.807) is 0 Å².